The molecule has 0 aliphatic carbocycles. The first-order valence-electron chi connectivity index (χ1n) is 8.13. The van der Waals surface area contributed by atoms with Gasteiger partial charge in [-0.3, -0.25) is 4.79 Å². The molecule has 3 rings (SSSR count). The van der Waals surface area contributed by atoms with Gasteiger partial charge < -0.3 is 9.47 Å². The summed E-state index contributed by atoms with van der Waals surface area (Å²) in [5.41, 5.74) is 1.27. The highest BCUT2D eigenvalue weighted by Crippen LogP contribution is 2.38. The molecule has 0 spiro atoms. The van der Waals surface area contributed by atoms with E-state index in [0.717, 1.165) is 10.2 Å². The number of hydrogen-bond acceptors (Lipinski definition) is 7. The molecule has 7 nitrogen and oxygen atoms in total. The van der Waals surface area contributed by atoms with E-state index in [0.29, 0.717) is 33.2 Å². The maximum Gasteiger partial charge on any atom is 0.308 e. The van der Waals surface area contributed by atoms with E-state index < -0.39 is 18.2 Å². The van der Waals surface area contributed by atoms with Crippen molar-refractivity contribution in [1.29, 1.82) is 0 Å². The van der Waals surface area contributed by atoms with Gasteiger partial charge in [0.15, 0.2) is 11.5 Å². The summed E-state index contributed by atoms with van der Waals surface area (Å²) in [4.78, 5) is 12.0. The van der Waals surface area contributed by atoms with E-state index >= 15 is 0 Å². The van der Waals surface area contributed by atoms with Crippen molar-refractivity contribution in [2.24, 2.45) is 5.10 Å². The summed E-state index contributed by atoms with van der Waals surface area (Å²) in [7, 11) is 0. The minimum Gasteiger partial charge on any atom is -0.490 e. The lowest BCUT2D eigenvalue weighted by Crippen LogP contribution is -2.09. The van der Waals surface area contributed by atoms with Gasteiger partial charge in [0.1, 0.15) is 0 Å². The highest BCUT2D eigenvalue weighted by atomic mass is 79.9. The van der Waals surface area contributed by atoms with Crippen molar-refractivity contribution in [1.82, 2.24) is 14.9 Å². The van der Waals surface area contributed by atoms with Gasteiger partial charge in [-0.1, -0.05) is 15.9 Å². The highest BCUT2D eigenvalue weighted by molar-refractivity contribution is 9.10. The van der Waals surface area contributed by atoms with Gasteiger partial charge in [-0.15, -0.1) is 10.2 Å². The number of benzene rings is 1. The Morgan fingerprint density at radius 1 is 1.36 bits per heavy atom. The molecule has 11 heteroatoms. The monoisotopic (exact) mass is 472 g/mol. The number of halogens is 3. The molecule has 1 aromatic carbocycles. The smallest absolute Gasteiger partial charge is 0.308 e. The minimum absolute atomic E-state index is 0.254. The van der Waals surface area contributed by atoms with Crippen LogP contribution in [0.2, 0.25) is 0 Å². The molecule has 0 fully saturated rings. The van der Waals surface area contributed by atoms with Gasteiger partial charge in [0.2, 0.25) is 11.0 Å². The number of allylic oxidation sites excluding steroid dienone is 1. The number of esters is 1. The Labute approximate surface area is 171 Å². The molecule has 2 heterocycles. The van der Waals surface area contributed by atoms with Gasteiger partial charge in [-0.2, -0.15) is 9.78 Å². The zero-order valence-electron chi connectivity index (χ0n) is 15.1. The standard InChI is InChI=1S/C17H15BrF2N4O3S/c1-4-26-12-5-10(11(18)7-13(12)27-9(3)25)6-14-8(2)23-24-16(15(19)20)21-22-17(24)28-14/h5-7,15H,4H2,1-3H3. The van der Waals surface area contributed by atoms with Crippen LogP contribution in [0.5, 0.6) is 11.5 Å². The van der Waals surface area contributed by atoms with Crippen LogP contribution in [-0.4, -0.2) is 33.2 Å². The van der Waals surface area contributed by atoms with E-state index in [-0.39, 0.29) is 5.16 Å². The zero-order chi connectivity index (χ0) is 20.4. The number of thioether (sulfide) groups is 1. The largest absolute Gasteiger partial charge is 0.490 e. The molecular formula is C17H15BrF2N4O3S. The van der Waals surface area contributed by atoms with E-state index in [1.54, 1.807) is 19.1 Å². The van der Waals surface area contributed by atoms with Crippen molar-refractivity contribution in [2.45, 2.75) is 32.4 Å². The van der Waals surface area contributed by atoms with Crippen LogP contribution in [0.3, 0.4) is 0 Å². The number of carbonyl (C=O) groups excluding carboxylic acids is 1. The lowest BCUT2D eigenvalue weighted by molar-refractivity contribution is -0.132. The predicted octanol–water partition coefficient (Wildman–Crippen LogP) is 4.67. The van der Waals surface area contributed by atoms with Crippen LogP contribution < -0.4 is 9.47 Å². The molecule has 0 radical (unpaired) electrons. The van der Waals surface area contributed by atoms with Crippen LogP contribution in [-0.2, 0) is 4.79 Å². The first-order chi connectivity index (χ1) is 13.3. The van der Waals surface area contributed by atoms with Gasteiger partial charge in [0, 0.05) is 16.3 Å². The molecule has 28 heavy (non-hydrogen) atoms. The molecule has 0 bridgehead atoms. The molecule has 0 saturated carbocycles. The number of alkyl halides is 2. The van der Waals surface area contributed by atoms with Crippen LogP contribution in [0.4, 0.5) is 8.78 Å². The van der Waals surface area contributed by atoms with Crippen molar-refractivity contribution in [2.75, 3.05) is 6.61 Å². The summed E-state index contributed by atoms with van der Waals surface area (Å²) < 4.78 is 38.4. The Balaban J connectivity index is 1.99. The number of ether oxygens (including phenoxy) is 2. The first kappa shape index (κ1) is 20.5. The molecule has 148 valence electrons. The number of rotatable bonds is 5. The van der Waals surface area contributed by atoms with Gasteiger partial charge in [0.05, 0.1) is 12.3 Å². The summed E-state index contributed by atoms with van der Waals surface area (Å²) in [5.74, 6) is -0.247. The zero-order valence-corrected chi connectivity index (χ0v) is 17.5. The van der Waals surface area contributed by atoms with E-state index in [9.17, 15) is 13.6 Å². The third-order valence-electron chi connectivity index (χ3n) is 3.54. The predicted molar refractivity (Wildman–Crippen MR) is 104 cm³/mol. The third-order valence-corrected chi connectivity index (χ3v) is 5.30. The normalized spacial score (nSPS) is 14.8. The Bertz CT molecular complexity index is 991. The Morgan fingerprint density at radius 3 is 2.75 bits per heavy atom. The topological polar surface area (TPSA) is 78.6 Å². The summed E-state index contributed by atoms with van der Waals surface area (Å²) in [5, 5.41) is 11.7. The number of hydrogen-bond donors (Lipinski definition) is 0. The van der Waals surface area contributed by atoms with E-state index in [4.69, 9.17) is 9.47 Å². The molecule has 2 aromatic rings. The molecule has 1 aromatic heterocycles. The molecule has 0 amide bonds. The number of fused-ring (bicyclic) bond motifs is 1. The van der Waals surface area contributed by atoms with Crippen molar-refractivity contribution in [3.05, 3.63) is 32.9 Å². The summed E-state index contributed by atoms with van der Waals surface area (Å²) in [6, 6.07) is 3.35. The second-order valence-electron chi connectivity index (χ2n) is 5.60. The van der Waals surface area contributed by atoms with Crippen LogP contribution in [0.1, 0.15) is 38.6 Å². The Kier molecular flexibility index (Phi) is 6.14. The van der Waals surface area contributed by atoms with E-state index in [1.165, 1.54) is 18.7 Å². The van der Waals surface area contributed by atoms with Crippen LogP contribution in [0.15, 0.2) is 31.8 Å². The Morgan fingerprint density at radius 2 is 2.11 bits per heavy atom. The average molecular weight is 473 g/mol. The summed E-state index contributed by atoms with van der Waals surface area (Å²) >= 11 is 4.63. The lowest BCUT2D eigenvalue weighted by atomic mass is 10.1. The summed E-state index contributed by atoms with van der Waals surface area (Å²) in [6.07, 6.45) is -0.950. The second kappa shape index (κ2) is 8.39. The fourth-order valence-electron chi connectivity index (χ4n) is 2.38. The third kappa shape index (κ3) is 4.25. The maximum absolute atomic E-state index is 13.0. The SMILES string of the molecule is CCOc1cc(C=C2Sc3nnc(C(F)F)n3N=C2C)c(Br)cc1OC(C)=O. The molecule has 0 N–H and O–H groups in total. The van der Waals surface area contributed by atoms with E-state index in [1.807, 2.05) is 13.0 Å². The second-order valence-corrected chi connectivity index (χ2v) is 7.46. The lowest BCUT2D eigenvalue weighted by Gasteiger charge is -2.15. The fourth-order valence-corrected chi connectivity index (χ4v) is 3.69. The van der Waals surface area contributed by atoms with Crippen LogP contribution in [0.25, 0.3) is 6.08 Å². The van der Waals surface area contributed by atoms with Gasteiger partial charge in [-0.05, 0) is 49.4 Å². The number of carbonyl (C=O) groups is 1. The first-order valence-corrected chi connectivity index (χ1v) is 9.74. The molecule has 0 atom stereocenters. The average Bonchev–Trinajstić information content (AvgIpc) is 3.01. The van der Waals surface area contributed by atoms with Crippen LogP contribution >= 0.6 is 27.7 Å². The Hall–Kier alpha value is -2.27. The maximum atomic E-state index is 13.0. The number of nitrogens with zero attached hydrogens (tertiary/aromatic N) is 4. The molecule has 1 aliphatic heterocycles. The van der Waals surface area contributed by atoms with Gasteiger partial charge >= 0.3 is 5.97 Å². The summed E-state index contributed by atoms with van der Waals surface area (Å²) in [6.45, 7) is 5.23. The van der Waals surface area contributed by atoms with Gasteiger partial charge in [0.25, 0.3) is 6.43 Å². The molecule has 0 saturated heterocycles. The fraction of sp³-hybridized carbons (Fsp3) is 0.294. The quantitative estimate of drug-likeness (QED) is 0.464. The van der Waals surface area contributed by atoms with Crippen molar-refractivity contribution in [3.8, 4) is 11.5 Å². The molecular weight excluding hydrogens is 458 g/mol. The molecule has 1 aliphatic rings. The molecule has 0 unspecified atom stereocenters. The highest BCUT2D eigenvalue weighted by Gasteiger charge is 2.25. The van der Waals surface area contributed by atoms with Crippen molar-refractivity contribution >= 4 is 45.4 Å². The van der Waals surface area contributed by atoms with E-state index in [2.05, 4.69) is 31.2 Å². The minimum atomic E-state index is -2.76. The van der Waals surface area contributed by atoms with Gasteiger partial charge in [-0.25, -0.2) is 8.78 Å². The van der Waals surface area contributed by atoms with Crippen molar-refractivity contribution in [3.63, 3.8) is 0 Å². The van der Waals surface area contributed by atoms with Crippen molar-refractivity contribution < 1.29 is 23.0 Å². The number of aromatic nitrogens is 3. The van der Waals surface area contributed by atoms with Crippen LogP contribution in [0, 0.1) is 0 Å².